The molecule has 0 radical (unpaired) electrons. The van der Waals surface area contributed by atoms with Crippen molar-refractivity contribution in [3.63, 3.8) is 0 Å². The van der Waals surface area contributed by atoms with E-state index in [2.05, 4.69) is 10.3 Å². The average Bonchev–Trinajstić information content (AvgIpc) is 2.91. The minimum absolute atomic E-state index is 0.235. The number of rotatable bonds is 4. The SMILES string of the molecule is COc1c(/C(C)=C/C(=O)Nc2ccccn2)cc2c(C)c(C)oc2c1C. The molecule has 0 saturated carbocycles. The maximum atomic E-state index is 12.3. The number of carbonyl (C=O) groups is 1. The van der Waals surface area contributed by atoms with E-state index in [-0.39, 0.29) is 5.91 Å². The van der Waals surface area contributed by atoms with Crippen LogP contribution in [0.3, 0.4) is 0 Å². The summed E-state index contributed by atoms with van der Waals surface area (Å²) >= 11 is 0. The Morgan fingerprint density at radius 1 is 1.23 bits per heavy atom. The molecule has 2 aromatic heterocycles. The molecule has 1 amide bonds. The molecule has 3 aromatic rings. The van der Waals surface area contributed by atoms with Crippen molar-refractivity contribution in [3.8, 4) is 5.75 Å². The zero-order chi connectivity index (χ0) is 18.8. The molecule has 5 nitrogen and oxygen atoms in total. The van der Waals surface area contributed by atoms with Gasteiger partial charge in [0.15, 0.2) is 0 Å². The van der Waals surface area contributed by atoms with Crippen LogP contribution in [-0.4, -0.2) is 18.0 Å². The largest absolute Gasteiger partial charge is 0.496 e. The fraction of sp³-hybridized carbons (Fsp3) is 0.238. The number of aromatic nitrogens is 1. The van der Waals surface area contributed by atoms with E-state index in [4.69, 9.17) is 9.15 Å². The van der Waals surface area contributed by atoms with E-state index < -0.39 is 0 Å². The molecular weight excluding hydrogens is 328 g/mol. The second-order valence-corrected chi connectivity index (χ2v) is 6.27. The Morgan fingerprint density at radius 2 is 2.00 bits per heavy atom. The normalized spacial score (nSPS) is 11.7. The second-order valence-electron chi connectivity index (χ2n) is 6.27. The van der Waals surface area contributed by atoms with E-state index in [0.29, 0.717) is 11.6 Å². The van der Waals surface area contributed by atoms with Crippen LogP contribution in [0.15, 0.2) is 41.0 Å². The quantitative estimate of drug-likeness (QED) is 0.686. The van der Waals surface area contributed by atoms with Crippen LogP contribution in [0, 0.1) is 20.8 Å². The Kier molecular flexibility index (Phi) is 4.80. The maximum Gasteiger partial charge on any atom is 0.249 e. The number of nitrogens with one attached hydrogen (secondary N) is 1. The number of hydrogen-bond acceptors (Lipinski definition) is 4. The van der Waals surface area contributed by atoms with Crippen LogP contribution < -0.4 is 10.1 Å². The predicted molar refractivity (Wildman–Crippen MR) is 103 cm³/mol. The molecule has 26 heavy (non-hydrogen) atoms. The van der Waals surface area contributed by atoms with Crippen molar-refractivity contribution in [2.45, 2.75) is 27.7 Å². The van der Waals surface area contributed by atoms with Gasteiger partial charge in [0.25, 0.3) is 0 Å². The van der Waals surface area contributed by atoms with Gasteiger partial charge in [-0.3, -0.25) is 4.79 Å². The molecule has 0 unspecified atom stereocenters. The third-order valence-corrected chi connectivity index (χ3v) is 4.54. The first-order valence-electron chi connectivity index (χ1n) is 8.40. The Balaban J connectivity index is 2.02. The summed E-state index contributed by atoms with van der Waals surface area (Å²) in [6.07, 6.45) is 3.19. The number of benzene rings is 1. The first-order chi connectivity index (χ1) is 12.4. The van der Waals surface area contributed by atoms with E-state index in [9.17, 15) is 4.79 Å². The molecule has 0 bridgehead atoms. The van der Waals surface area contributed by atoms with Crippen molar-refractivity contribution in [2.75, 3.05) is 12.4 Å². The van der Waals surface area contributed by atoms with E-state index in [1.54, 1.807) is 31.5 Å². The van der Waals surface area contributed by atoms with Gasteiger partial charge in [0, 0.05) is 28.8 Å². The molecule has 3 rings (SSSR count). The molecule has 0 aliphatic carbocycles. The van der Waals surface area contributed by atoms with E-state index in [0.717, 1.165) is 39.0 Å². The van der Waals surface area contributed by atoms with Crippen molar-refractivity contribution >= 4 is 28.3 Å². The van der Waals surface area contributed by atoms with Crippen LogP contribution in [0.4, 0.5) is 5.82 Å². The van der Waals surface area contributed by atoms with Crippen molar-refractivity contribution in [2.24, 2.45) is 0 Å². The molecule has 0 aliphatic heterocycles. The summed E-state index contributed by atoms with van der Waals surface area (Å²) in [5, 5.41) is 3.80. The third-order valence-electron chi connectivity index (χ3n) is 4.54. The van der Waals surface area contributed by atoms with Gasteiger partial charge in [0.1, 0.15) is 22.9 Å². The first kappa shape index (κ1) is 17.7. The summed E-state index contributed by atoms with van der Waals surface area (Å²) in [7, 11) is 1.63. The standard InChI is InChI=1S/C21H22N2O3/c1-12(10-19(24)23-18-8-6-7-9-22-18)16-11-17-13(2)15(4)26-21(17)14(3)20(16)25-5/h6-11H,1-5H3,(H,22,23,24)/b12-10+. The number of ether oxygens (including phenoxy) is 1. The Hall–Kier alpha value is -3.08. The minimum atomic E-state index is -0.235. The minimum Gasteiger partial charge on any atom is -0.496 e. The van der Waals surface area contributed by atoms with Crippen LogP contribution in [0.1, 0.15) is 29.4 Å². The van der Waals surface area contributed by atoms with Crippen molar-refractivity contribution in [1.82, 2.24) is 4.98 Å². The lowest BCUT2D eigenvalue weighted by atomic mass is 9.98. The van der Waals surface area contributed by atoms with Gasteiger partial charge in [-0.05, 0) is 57.0 Å². The zero-order valence-corrected chi connectivity index (χ0v) is 15.6. The number of amides is 1. The van der Waals surface area contributed by atoms with Gasteiger partial charge in [-0.25, -0.2) is 4.98 Å². The van der Waals surface area contributed by atoms with Gasteiger partial charge in [0.2, 0.25) is 5.91 Å². The Morgan fingerprint density at radius 3 is 2.65 bits per heavy atom. The molecule has 1 aromatic carbocycles. The predicted octanol–water partition coefficient (Wildman–Crippen LogP) is 4.80. The fourth-order valence-electron chi connectivity index (χ4n) is 3.04. The van der Waals surface area contributed by atoms with Crippen LogP contribution in [0.2, 0.25) is 0 Å². The lowest BCUT2D eigenvalue weighted by Crippen LogP contribution is -2.09. The number of furan rings is 1. The lowest BCUT2D eigenvalue weighted by Gasteiger charge is -2.13. The zero-order valence-electron chi connectivity index (χ0n) is 15.6. The molecule has 0 fully saturated rings. The van der Waals surface area contributed by atoms with E-state index in [1.807, 2.05) is 39.8 Å². The summed E-state index contributed by atoms with van der Waals surface area (Å²) in [6, 6.07) is 7.39. The van der Waals surface area contributed by atoms with Gasteiger partial charge < -0.3 is 14.5 Å². The highest BCUT2D eigenvalue weighted by atomic mass is 16.5. The third kappa shape index (κ3) is 3.20. The number of allylic oxidation sites excluding steroid dienone is 1. The summed E-state index contributed by atoms with van der Waals surface area (Å²) in [5.41, 5.74) is 4.52. The van der Waals surface area contributed by atoms with E-state index in [1.165, 1.54) is 0 Å². The lowest BCUT2D eigenvalue weighted by molar-refractivity contribution is -0.111. The number of aryl methyl sites for hydroxylation is 3. The first-order valence-corrected chi connectivity index (χ1v) is 8.40. The summed E-state index contributed by atoms with van der Waals surface area (Å²) < 4.78 is 11.5. The van der Waals surface area contributed by atoms with Gasteiger partial charge in [0.05, 0.1) is 7.11 Å². The number of carbonyl (C=O) groups excluding carboxylic acids is 1. The average molecular weight is 350 g/mol. The number of methoxy groups -OCH3 is 1. The molecule has 0 saturated heterocycles. The molecule has 5 heteroatoms. The number of hydrogen-bond donors (Lipinski definition) is 1. The number of anilines is 1. The van der Waals surface area contributed by atoms with E-state index >= 15 is 0 Å². The second kappa shape index (κ2) is 7.04. The maximum absolute atomic E-state index is 12.3. The van der Waals surface area contributed by atoms with Gasteiger partial charge in [-0.2, -0.15) is 0 Å². The van der Waals surface area contributed by atoms with Crippen molar-refractivity contribution < 1.29 is 13.9 Å². The van der Waals surface area contributed by atoms with Gasteiger partial charge in [-0.1, -0.05) is 6.07 Å². The Labute approximate surface area is 152 Å². The number of nitrogens with zero attached hydrogens (tertiary/aromatic N) is 1. The number of pyridine rings is 1. The molecule has 0 aliphatic rings. The van der Waals surface area contributed by atoms with Crippen molar-refractivity contribution in [1.29, 1.82) is 0 Å². The van der Waals surface area contributed by atoms with Crippen LogP contribution in [-0.2, 0) is 4.79 Å². The molecular formula is C21H22N2O3. The molecule has 0 spiro atoms. The molecule has 2 heterocycles. The molecule has 134 valence electrons. The van der Waals surface area contributed by atoms with Gasteiger partial charge >= 0.3 is 0 Å². The molecule has 1 N–H and O–H groups in total. The highest BCUT2D eigenvalue weighted by Gasteiger charge is 2.18. The topological polar surface area (TPSA) is 64.4 Å². The highest BCUT2D eigenvalue weighted by Crippen LogP contribution is 2.38. The van der Waals surface area contributed by atoms with Crippen LogP contribution >= 0.6 is 0 Å². The Bertz CT molecular complexity index is 1000. The molecule has 0 atom stereocenters. The van der Waals surface area contributed by atoms with Crippen LogP contribution in [0.25, 0.3) is 16.5 Å². The monoisotopic (exact) mass is 350 g/mol. The fourth-order valence-corrected chi connectivity index (χ4v) is 3.04. The van der Waals surface area contributed by atoms with Crippen LogP contribution in [0.5, 0.6) is 5.75 Å². The summed E-state index contributed by atoms with van der Waals surface area (Å²) in [6.45, 7) is 7.84. The summed E-state index contributed by atoms with van der Waals surface area (Å²) in [4.78, 5) is 16.4. The van der Waals surface area contributed by atoms with Crippen molar-refractivity contribution in [3.05, 3.63) is 59.0 Å². The summed E-state index contributed by atoms with van der Waals surface area (Å²) in [5.74, 6) is 1.88. The number of fused-ring (bicyclic) bond motifs is 1. The highest BCUT2D eigenvalue weighted by molar-refractivity contribution is 6.04. The smallest absolute Gasteiger partial charge is 0.249 e. The van der Waals surface area contributed by atoms with Gasteiger partial charge in [-0.15, -0.1) is 0 Å².